The number of amides is 1. The molecule has 148 valence electrons. The van der Waals surface area contributed by atoms with Gasteiger partial charge >= 0.3 is 0 Å². The summed E-state index contributed by atoms with van der Waals surface area (Å²) in [6, 6.07) is 3.18. The largest absolute Gasteiger partial charge is 0.495 e. The van der Waals surface area contributed by atoms with Crippen LogP contribution in [0.4, 0.5) is 5.69 Å². The average molecular weight is 441 g/mol. The van der Waals surface area contributed by atoms with Crippen molar-refractivity contribution in [3.05, 3.63) is 27.9 Å². The van der Waals surface area contributed by atoms with Gasteiger partial charge in [0.15, 0.2) is 0 Å². The molecule has 0 unspecified atom stereocenters. The van der Waals surface area contributed by atoms with Gasteiger partial charge < -0.3 is 19.2 Å². The van der Waals surface area contributed by atoms with Crippen molar-refractivity contribution in [2.75, 3.05) is 25.3 Å². The molecule has 2 aromatic heterocycles. The number of anilines is 1. The Labute approximate surface area is 174 Å². The van der Waals surface area contributed by atoms with E-state index in [1.165, 1.54) is 25.6 Å². The number of aryl methyl sites for hydroxylation is 2. The zero-order valence-corrected chi connectivity index (χ0v) is 17.9. The molecule has 28 heavy (non-hydrogen) atoms. The lowest BCUT2D eigenvalue weighted by Gasteiger charge is -2.12. The number of nitrogens with one attached hydrogen (secondary N) is 1. The molecular formula is C17H17ClN4O4S2. The maximum Gasteiger partial charge on any atom is 0.277 e. The Balaban J connectivity index is 1.64. The second-order valence-corrected chi connectivity index (χ2v) is 8.08. The molecular weight excluding hydrogens is 424 g/mol. The van der Waals surface area contributed by atoms with Gasteiger partial charge in [0.2, 0.25) is 5.91 Å². The van der Waals surface area contributed by atoms with Gasteiger partial charge in [-0.1, -0.05) is 23.4 Å². The highest BCUT2D eigenvalue weighted by Gasteiger charge is 2.17. The van der Waals surface area contributed by atoms with E-state index < -0.39 is 0 Å². The molecule has 11 heteroatoms. The summed E-state index contributed by atoms with van der Waals surface area (Å²) >= 11 is 8.73. The molecule has 8 nitrogen and oxygen atoms in total. The van der Waals surface area contributed by atoms with Crippen LogP contribution >= 0.6 is 34.7 Å². The number of hydrogen-bond acceptors (Lipinski definition) is 9. The maximum absolute atomic E-state index is 12.3. The van der Waals surface area contributed by atoms with E-state index >= 15 is 0 Å². The Morgan fingerprint density at radius 3 is 2.64 bits per heavy atom. The van der Waals surface area contributed by atoms with Crippen molar-refractivity contribution in [3.63, 3.8) is 0 Å². The number of thioether (sulfide) groups is 1. The third kappa shape index (κ3) is 4.57. The number of ether oxygens (including phenoxy) is 2. The van der Waals surface area contributed by atoms with Gasteiger partial charge in [-0.3, -0.25) is 4.79 Å². The minimum absolute atomic E-state index is 0.0785. The average Bonchev–Trinajstić information content (AvgIpc) is 3.26. The van der Waals surface area contributed by atoms with Gasteiger partial charge in [0.05, 0.1) is 41.4 Å². The van der Waals surface area contributed by atoms with E-state index in [1.54, 1.807) is 12.1 Å². The number of rotatable bonds is 7. The predicted molar refractivity (Wildman–Crippen MR) is 109 cm³/mol. The molecule has 1 amide bonds. The van der Waals surface area contributed by atoms with Crippen LogP contribution in [-0.2, 0) is 4.79 Å². The first kappa shape index (κ1) is 20.4. The van der Waals surface area contributed by atoms with Crippen molar-refractivity contribution in [3.8, 4) is 22.3 Å². The number of nitrogens with zero attached hydrogens (tertiary/aromatic N) is 3. The van der Waals surface area contributed by atoms with Crippen LogP contribution in [0.2, 0.25) is 5.02 Å². The molecule has 0 spiro atoms. The molecule has 1 N–H and O–H groups in total. The first-order valence-electron chi connectivity index (χ1n) is 8.03. The van der Waals surface area contributed by atoms with E-state index in [4.69, 9.17) is 25.5 Å². The Hall–Kier alpha value is -2.30. The second-order valence-electron chi connectivity index (χ2n) is 5.54. The fraction of sp³-hybridized carbons (Fsp3) is 0.294. The highest BCUT2D eigenvalue weighted by atomic mass is 35.5. The Morgan fingerprint density at radius 1 is 1.25 bits per heavy atom. The summed E-state index contributed by atoms with van der Waals surface area (Å²) in [6.45, 7) is 3.80. The Bertz CT molecular complexity index is 1010. The van der Waals surface area contributed by atoms with Crippen LogP contribution in [0.15, 0.2) is 21.8 Å². The molecule has 0 radical (unpaired) electrons. The van der Waals surface area contributed by atoms with Crippen molar-refractivity contribution in [2.24, 2.45) is 0 Å². The Morgan fingerprint density at radius 2 is 2.00 bits per heavy atom. The lowest BCUT2D eigenvalue weighted by atomic mass is 10.2. The third-order valence-corrected chi connectivity index (χ3v) is 5.75. The highest BCUT2D eigenvalue weighted by Crippen LogP contribution is 2.36. The number of methoxy groups -OCH3 is 2. The lowest BCUT2D eigenvalue weighted by molar-refractivity contribution is -0.113. The van der Waals surface area contributed by atoms with Crippen LogP contribution in [0.1, 0.15) is 10.7 Å². The number of carbonyl (C=O) groups is 1. The molecule has 3 rings (SSSR count). The SMILES string of the molecule is COc1cc(OC)c(NC(=O)CSc2nnc(-c3sc(C)nc3C)o2)cc1Cl. The minimum atomic E-state index is -0.269. The minimum Gasteiger partial charge on any atom is -0.495 e. The normalized spacial score (nSPS) is 10.8. The number of hydrogen-bond donors (Lipinski definition) is 1. The summed E-state index contributed by atoms with van der Waals surface area (Å²) in [5.41, 5.74) is 1.28. The quantitative estimate of drug-likeness (QED) is 0.545. The molecule has 1 aromatic carbocycles. The fourth-order valence-electron chi connectivity index (χ4n) is 2.36. The topological polar surface area (TPSA) is 99.4 Å². The van der Waals surface area contributed by atoms with Crippen LogP contribution in [0.25, 0.3) is 10.8 Å². The summed E-state index contributed by atoms with van der Waals surface area (Å²) in [5, 5.41) is 12.3. The molecule has 0 saturated heterocycles. The first-order valence-corrected chi connectivity index (χ1v) is 10.2. The zero-order chi connectivity index (χ0) is 20.3. The number of benzene rings is 1. The molecule has 0 fully saturated rings. The zero-order valence-electron chi connectivity index (χ0n) is 15.5. The lowest BCUT2D eigenvalue weighted by Crippen LogP contribution is -2.14. The number of aromatic nitrogens is 3. The van der Waals surface area contributed by atoms with E-state index in [0.717, 1.165) is 27.3 Å². The highest BCUT2D eigenvalue weighted by molar-refractivity contribution is 7.99. The van der Waals surface area contributed by atoms with Crippen molar-refractivity contribution in [1.82, 2.24) is 15.2 Å². The van der Waals surface area contributed by atoms with E-state index in [-0.39, 0.29) is 11.7 Å². The molecule has 0 bridgehead atoms. The van der Waals surface area contributed by atoms with Crippen molar-refractivity contribution < 1.29 is 18.7 Å². The number of thiazole rings is 1. The molecule has 0 saturated carbocycles. The molecule has 0 aliphatic heterocycles. The van der Waals surface area contributed by atoms with Gasteiger partial charge in [-0.25, -0.2) is 4.98 Å². The molecule has 0 aliphatic rings. The summed E-state index contributed by atoms with van der Waals surface area (Å²) in [7, 11) is 3.00. The van der Waals surface area contributed by atoms with Crippen LogP contribution < -0.4 is 14.8 Å². The van der Waals surface area contributed by atoms with E-state index in [9.17, 15) is 4.79 Å². The standard InChI is InChI=1S/C17H17ClN4O4S2/c1-8-15(28-9(2)19-8)16-21-22-17(26-16)27-7-14(23)20-11-5-10(18)12(24-3)6-13(11)25-4/h5-6H,7H2,1-4H3,(H,20,23). The summed E-state index contributed by atoms with van der Waals surface area (Å²) in [5.74, 6) is 1.10. The number of carbonyl (C=O) groups excluding carboxylic acids is 1. The van der Waals surface area contributed by atoms with Gasteiger partial charge in [0.1, 0.15) is 16.4 Å². The summed E-state index contributed by atoms with van der Waals surface area (Å²) in [4.78, 5) is 17.5. The van der Waals surface area contributed by atoms with Crippen molar-refractivity contribution in [1.29, 1.82) is 0 Å². The van der Waals surface area contributed by atoms with Crippen LogP contribution in [0, 0.1) is 13.8 Å². The smallest absolute Gasteiger partial charge is 0.277 e. The summed E-state index contributed by atoms with van der Waals surface area (Å²) in [6.07, 6.45) is 0. The van der Waals surface area contributed by atoms with Crippen LogP contribution in [0.3, 0.4) is 0 Å². The van der Waals surface area contributed by atoms with Gasteiger partial charge in [0, 0.05) is 6.07 Å². The predicted octanol–water partition coefficient (Wildman–Crippen LogP) is 4.21. The van der Waals surface area contributed by atoms with Gasteiger partial charge in [0.25, 0.3) is 11.1 Å². The molecule has 2 heterocycles. The van der Waals surface area contributed by atoms with Crippen molar-refractivity contribution >= 4 is 46.3 Å². The van der Waals surface area contributed by atoms with E-state index in [1.807, 2.05) is 13.8 Å². The second kappa shape index (κ2) is 8.80. The molecule has 0 atom stereocenters. The van der Waals surface area contributed by atoms with Gasteiger partial charge in [-0.2, -0.15) is 0 Å². The van der Waals surface area contributed by atoms with Gasteiger partial charge in [-0.15, -0.1) is 21.5 Å². The van der Waals surface area contributed by atoms with Crippen LogP contribution in [-0.4, -0.2) is 41.1 Å². The van der Waals surface area contributed by atoms with Gasteiger partial charge in [-0.05, 0) is 19.9 Å². The van der Waals surface area contributed by atoms with E-state index in [0.29, 0.717) is 33.3 Å². The Kier molecular flexibility index (Phi) is 6.42. The fourth-order valence-corrected chi connectivity index (χ4v) is 4.01. The first-order chi connectivity index (χ1) is 13.4. The number of halogens is 1. The maximum atomic E-state index is 12.3. The third-order valence-electron chi connectivity index (χ3n) is 3.58. The van der Waals surface area contributed by atoms with E-state index in [2.05, 4.69) is 20.5 Å². The molecule has 0 aliphatic carbocycles. The monoisotopic (exact) mass is 440 g/mol. The van der Waals surface area contributed by atoms with Crippen LogP contribution in [0.5, 0.6) is 11.5 Å². The molecule has 3 aromatic rings. The van der Waals surface area contributed by atoms with Crippen molar-refractivity contribution in [2.45, 2.75) is 19.1 Å². The summed E-state index contributed by atoms with van der Waals surface area (Å²) < 4.78 is 16.0.